The molecule has 0 bridgehead atoms. The number of aliphatic hydroxyl groups excluding tert-OH is 7. The monoisotopic (exact) mass is 599 g/mol. The zero-order valence-corrected chi connectivity index (χ0v) is 26.6. The molecule has 0 saturated carbocycles. The summed E-state index contributed by atoms with van der Waals surface area (Å²) in [4.78, 5) is 29.4. The maximum Gasteiger partial charge on any atom is 2.00 e. The van der Waals surface area contributed by atoms with Crippen molar-refractivity contribution in [3.63, 3.8) is 0 Å². The van der Waals surface area contributed by atoms with Gasteiger partial charge in [0.25, 0.3) is 0 Å². The summed E-state index contributed by atoms with van der Waals surface area (Å²) >= 11 is 0. The topological polar surface area (TPSA) is 263 Å². The van der Waals surface area contributed by atoms with Gasteiger partial charge >= 0.3 is 88.2 Å². The molecular formula is C22H48CaNaO14+3. The van der Waals surface area contributed by atoms with Crippen LogP contribution in [0.15, 0.2) is 0 Å². The summed E-state index contributed by atoms with van der Waals surface area (Å²) in [5.74, 6) is -1.69. The summed E-state index contributed by atoms with van der Waals surface area (Å²) < 4.78 is 4.38. The van der Waals surface area contributed by atoms with E-state index in [9.17, 15) is 9.59 Å². The predicted octanol–water partition coefficient (Wildman–Crippen LogP) is -3.39. The third kappa shape index (κ3) is 32.4. The van der Waals surface area contributed by atoms with Gasteiger partial charge in [-0.25, -0.2) is 9.59 Å². The van der Waals surface area contributed by atoms with Gasteiger partial charge in [-0.05, 0) is 6.42 Å². The molecule has 1 aliphatic rings. The Hall–Kier alpha value is 0.190. The van der Waals surface area contributed by atoms with Gasteiger partial charge in [-0.15, -0.1) is 0 Å². The van der Waals surface area contributed by atoms with Crippen LogP contribution in [0.4, 0.5) is 4.79 Å². The minimum absolute atomic E-state index is 0. The van der Waals surface area contributed by atoms with Crippen molar-refractivity contribution in [3.05, 3.63) is 0 Å². The van der Waals surface area contributed by atoms with Crippen LogP contribution in [0.3, 0.4) is 0 Å². The Labute approximate surface area is 280 Å². The number of cyclic esters (lactones) is 1. The van der Waals surface area contributed by atoms with E-state index in [0.717, 1.165) is 12.8 Å². The molecule has 220 valence electrons. The number of unbranched alkanes of at least 4 members (excludes halogenated alkanes) is 8. The van der Waals surface area contributed by atoms with E-state index in [0.29, 0.717) is 6.42 Å². The van der Waals surface area contributed by atoms with Crippen molar-refractivity contribution < 1.29 is 105 Å². The van der Waals surface area contributed by atoms with Crippen LogP contribution in [0.5, 0.6) is 0 Å². The number of carbonyl (C=O) groups excluding carboxylic acids is 1. The number of carboxylic acids is 1. The van der Waals surface area contributed by atoms with E-state index in [2.05, 4.69) is 11.7 Å². The minimum atomic E-state index is -1.83. The van der Waals surface area contributed by atoms with Gasteiger partial charge in [0.2, 0.25) is 0 Å². The van der Waals surface area contributed by atoms with E-state index >= 15 is 0 Å². The SMILES string of the molecule is CCCCCCCCCCCC(=O)O.O=C(O)O.O=C1O[C@H](CO)[C@@H](O)[C@H](O)[C@H]1O.OCC(O)CO.[Ca+2].[H+].[H+].[H-].[H-].[Na+]. The Morgan fingerprint density at radius 3 is 1.58 bits per heavy atom. The summed E-state index contributed by atoms with van der Waals surface area (Å²) in [6.45, 7) is 0.912. The maximum absolute atomic E-state index is 10.7. The number of ether oxygens (including phenoxy) is 1. The van der Waals surface area contributed by atoms with E-state index in [1.165, 1.54) is 44.9 Å². The Morgan fingerprint density at radius 2 is 1.26 bits per heavy atom. The van der Waals surface area contributed by atoms with Crippen LogP contribution in [-0.2, 0) is 14.3 Å². The van der Waals surface area contributed by atoms with Crippen LogP contribution in [-0.4, -0.2) is 157 Å². The van der Waals surface area contributed by atoms with Crippen molar-refractivity contribution in [1.29, 1.82) is 0 Å². The second-order valence-corrected chi connectivity index (χ2v) is 7.86. The van der Waals surface area contributed by atoms with E-state index in [-0.39, 0.29) is 86.2 Å². The zero-order valence-electron chi connectivity index (χ0n) is 26.4. The molecule has 10 N–H and O–H groups in total. The first-order valence-corrected chi connectivity index (χ1v) is 11.8. The number of aliphatic carboxylic acids is 1. The van der Waals surface area contributed by atoms with E-state index in [4.69, 9.17) is 55.9 Å². The number of hydrogen-bond acceptors (Lipinski definition) is 11. The third-order valence-electron chi connectivity index (χ3n) is 4.66. The Bertz CT molecular complexity index is 567. The van der Waals surface area contributed by atoms with Gasteiger partial charge in [-0.1, -0.05) is 58.3 Å². The van der Waals surface area contributed by atoms with E-state index in [1.807, 2.05) is 0 Å². The molecule has 4 atom stereocenters. The van der Waals surface area contributed by atoms with Gasteiger partial charge in [0, 0.05) is 6.42 Å². The van der Waals surface area contributed by atoms with Crippen LogP contribution in [0.1, 0.15) is 76.8 Å². The summed E-state index contributed by atoms with van der Waals surface area (Å²) in [7, 11) is 0. The molecule has 0 unspecified atom stereocenters. The second kappa shape index (κ2) is 33.4. The van der Waals surface area contributed by atoms with Gasteiger partial charge in [-0.2, -0.15) is 0 Å². The molecule has 1 rings (SSSR count). The first-order valence-electron chi connectivity index (χ1n) is 11.8. The zero-order chi connectivity index (χ0) is 28.5. The number of carboxylic acid groups (broad SMARTS) is 3. The van der Waals surface area contributed by atoms with E-state index < -0.39 is 55.2 Å². The molecule has 1 fully saturated rings. The van der Waals surface area contributed by atoms with Crippen LogP contribution in [0.2, 0.25) is 0 Å². The first-order chi connectivity index (χ1) is 16.9. The summed E-state index contributed by atoms with van der Waals surface area (Å²) in [6, 6.07) is 0. The fraction of sp³-hybridized carbons (Fsp3) is 0.864. The maximum atomic E-state index is 10.7. The first kappa shape index (κ1) is 47.9. The molecule has 38 heavy (non-hydrogen) atoms. The molecule has 0 spiro atoms. The smallest absolute Gasteiger partial charge is 1.00 e. The fourth-order valence-electron chi connectivity index (χ4n) is 2.62. The molecule has 14 nitrogen and oxygen atoms in total. The normalized spacial score (nSPS) is 19.4. The van der Waals surface area contributed by atoms with Gasteiger partial charge < -0.3 is 58.7 Å². The molecule has 0 aliphatic carbocycles. The standard InChI is InChI=1S/C12H24O2.C6H10O6.C3H8O3.CH2O3.Ca.Na.2H/c1-2-3-4-5-6-7-8-9-10-11-12(13)14;7-1-2-3(8)4(9)5(10)6(11)12-2;4-1-3(6)2-5;2-1(3)4;;;;/h2-11H2,1H3,(H,13,14);2-5,7-10H,1H2;3-6H,1-2H2;(H2,2,3,4);;;;/q;;;;+2;+1;2*-1/p+2/t;2-,3-,4+,5-;;;;;;/m.1....../s1. The molecule has 0 aromatic carbocycles. The molecule has 0 aromatic rings. The van der Waals surface area contributed by atoms with Gasteiger partial charge in [0.05, 0.1) is 19.8 Å². The largest absolute Gasteiger partial charge is 2.00 e. The molecule has 1 heterocycles. The van der Waals surface area contributed by atoms with Crippen LogP contribution in [0, 0.1) is 0 Å². The molecule has 0 aromatic heterocycles. The van der Waals surface area contributed by atoms with Crippen LogP contribution in [0.25, 0.3) is 0 Å². The van der Waals surface area contributed by atoms with Gasteiger partial charge in [-0.3, -0.25) is 4.79 Å². The number of rotatable bonds is 13. The van der Waals surface area contributed by atoms with Crippen molar-refractivity contribution in [3.8, 4) is 0 Å². The van der Waals surface area contributed by atoms with Crippen molar-refractivity contribution in [2.75, 3.05) is 19.8 Å². The number of esters is 1. The second-order valence-electron chi connectivity index (χ2n) is 7.86. The Kier molecular flexibility index (Phi) is 42.1. The molecular weight excluding hydrogens is 551 g/mol. The van der Waals surface area contributed by atoms with Crippen LogP contribution >= 0.6 is 0 Å². The van der Waals surface area contributed by atoms with Crippen molar-refractivity contribution in [2.45, 2.75) is 102 Å². The van der Waals surface area contributed by atoms with Gasteiger partial charge in [0.1, 0.15) is 18.3 Å². The van der Waals surface area contributed by atoms with Crippen molar-refractivity contribution in [2.24, 2.45) is 0 Å². The molecule has 0 amide bonds. The number of aliphatic hydroxyl groups is 7. The Morgan fingerprint density at radius 1 is 0.868 bits per heavy atom. The Balaban J connectivity index is -0.0000000510. The minimum Gasteiger partial charge on any atom is -1.00 e. The summed E-state index contributed by atoms with van der Waals surface area (Å²) in [5, 5.41) is 81.9. The van der Waals surface area contributed by atoms with Gasteiger partial charge in [0.15, 0.2) is 12.2 Å². The predicted molar refractivity (Wildman–Crippen MR) is 136 cm³/mol. The van der Waals surface area contributed by atoms with Crippen LogP contribution < -0.4 is 29.6 Å². The van der Waals surface area contributed by atoms with E-state index in [1.54, 1.807) is 0 Å². The summed E-state index contributed by atoms with van der Waals surface area (Å²) in [6.07, 6.45) is 2.77. The van der Waals surface area contributed by atoms with Crippen molar-refractivity contribution in [1.82, 2.24) is 0 Å². The number of hydrogen-bond donors (Lipinski definition) is 10. The molecule has 1 saturated heterocycles. The van der Waals surface area contributed by atoms with Crippen molar-refractivity contribution >= 4 is 55.8 Å². The number of carbonyl (C=O) groups is 3. The molecule has 0 radical (unpaired) electrons. The average molecular weight is 600 g/mol. The fourth-order valence-corrected chi connectivity index (χ4v) is 2.62. The molecule has 1 aliphatic heterocycles. The third-order valence-corrected chi connectivity index (χ3v) is 4.66. The quantitative estimate of drug-likeness (QED) is 0.0562. The molecule has 16 heteroatoms. The summed E-state index contributed by atoms with van der Waals surface area (Å²) in [5.41, 5.74) is 0. The average Bonchev–Trinajstić information content (AvgIpc) is 2.83.